The molecule has 0 aliphatic heterocycles. The molecule has 4 nitrogen and oxygen atoms in total. The molecule has 0 saturated carbocycles. The van der Waals surface area contributed by atoms with Gasteiger partial charge in [-0.15, -0.1) is 20.4 Å². The number of fused-ring (bicyclic) bond motifs is 2. The molecule has 4 rings (SSSR count). The number of hydrogen-bond acceptors (Lipinski definition) is 4. The fourth-order valence-electron chi connectivity index (χ4n) is 2.26. The third-order valence-electron chi connectivity index (χ3n) is 3.24. The van der Waals surface area contributed by atoms with Gasteiger partial charge in [-0.05, 0) is 12.1 Å². The summed E-state index contributed by atoms with van der Waals surface area (Å²) in [5.41, 5.74) is 2.33. The molecule has 1 radical (unpaired) electrons. The molecule has 0 fully saturated rings. The van der Waals surface area contributed by atoms with Gasteiger partial charge in [0.2, 0.25) is 0 Å². The molecule has 4 heteroatoms. The largest absolute Gasteiger partial charge is 0.150 e. The zero-order valence-electron chi connectivity index (χ0n) is 10.5. The molecule has 20 heavy (non-hydrogen) atoms. The van der Waals surface area contributed by atoms with E-state index in [1.807, 2.05) is 54.6 Å². The SMILES string of the molecule is [c]1nnc(-c2cc3ccccc3nn2)c2ccccc12. The van der Waals surface area contributed by atoms with Gasteiger partial charge in [-0.25, -0.2) is 0 Å². The smallest absolute Gasteiger partial charge is 0.122 e. The van der Waals surface area contributed by atoms with Crippen molar-refractivity contribution in [3.05, 3.63) is 60.8 Å². The lowest BCUT2D eigenvalue weighted by Crippen LogP contribution is -1.94. The molecule has 0 aliphatic rings. The van der Waals surface area contributed by atoms with Crippen LogP contribution in [0.4, 0.5) is 0 Å². The van der Waals surface area contributed by atoms with Gasteiger partial charge >= 0.3 is 0 Å². The van der Waals surface area contributed by atoms with Crippen molar-refractivity contribution in [2.24, 2.45) is 0 Å². The minimum absolute atomic E-state index is 0.724. The maximum atomic E-state index is 4.26. The van der Waals surface area contributed by atoms with Crippen molar-refractivity contribution >= 4 is 21.7 Å². The molecule has 0 atom stereocenters. The first-order valence-electron chi connectivity index (χ1n) is 6.28. The highest BCUT2D eigenvalue weighted by Gasteiger charge is 2.09. The summed E-state index contributed by atoms with van der Waals surface area (Å²) < 4.78 is 0. The van der Waals surface area contributed by atoms with Crippen LogP contribution in [0.1, 0.15) is 0 Å². The van der Waals surface area contributed by atoms with Crippen LogP contribution in [0.5, 0.6) is 0 Å². The minimum atomic E-state index is 0.724. The molecular weight excluding hydrogens is 248 g/mol. The Balaban J connectivity index is 2.01. The molecule has 2 heterocycles. The van der Waals surface area contributed by atoms with Gasteiger partial charge in [-0.3, -0.25) is 0 Å². The van der Waals surface area contributed by atoms with Crippen LogP contribution in [0.25, 0.3) is 33.1 Å². The van der Waals surface area contributed by atoms with E-state index in [0.717, 1.165) is 33.1 Å². The van der Waals surface area contributed by atoms with Gasteiger partial charge in [0.1, 0.15) is 17.6 Å². The molecule has 0 unspecified atom stereocenters. The zero-order valence-corrected chi connectivity index (χ0v) is 10.5. The summed E-state index contributed by atoms with van der Waals surface area (Å²) in [4.78, 5) is 0. The molecule has 0 N–H and O–H groups in total. The third-order valence-corrected chi connectivity index (χ3v) is 3.24. The van der Waals surface area contributed by atoms with Crippen molar-refractivity contribution in [1.29, 1.82) is 0 Å². The highest BCUT2D eigenvalue weighted by molar-refractivity contribution is 5.94. The van der Waals surface area contributed by atoms with Crippen LogP contribution in [-0.2, 0) is 0 Å². The lowest BCUT2D eigenvalue weighted by molar-refractivity contribution is 1.01. The van der Waals surface area contributed by atoms with E-state index in [1.165, 1.54) is 0 Å². The molecule has 2 aromatic heterocycles. The van der Waals surface area contributed by atoms with Gasteiger partial charge in [0.15, 0.2) is 0 Å². The highest BCUT2D eigenvalue weighted by Crippen LogP contribution is 2.25. The van der Waals surface area contributed by atoms with E-state index in [-0.39, 0.29) is 0 Å². The summed E-state index contributed by atoms with van der Waals surface area (Å²) in [6, 6.07) is 17.7. The predicted molar refractivity (Wildman–Crippen MR) is 76.9 cm³/mol. The Kier molecular flexibility index (Phi) is 2.39. The number of rotatable bonds is 1. The predicted octanol–water partition coefficient (Wildman–Crippen LogP) is 3.04. The van der Waals surface area contributed by atoms with Crippen molar-refractivity contribution in [2.75, 3.05) is 0 Å². The molecule has 93 valence electrons. The van der Waals surface area contributed by atoms with E-state index in [2.05, 4.69) is 26.6 Å². The Labute approximate surface area is 115 Å². The van der Waals surface area contributed by atoms with E-state index in [4.69, 9.17) is 0 Å². The van der Waals surface area contributed by atoms with E-state index in [1.54, 1.807) is 0 Å². The first-order valence-corrected chi connectivity index (χ1v) is 6.28. The maximum absolute atomic E-state index is 4.26. The zero-order chi connectivity index (χ0) is 13.4. The summed E-state index contributed by atoms with van der Waals surface area (Å²) in [5, 5.41) is 19.5. The molecule has 0 spiro atoms. The van der Waals surface area contributed by atoms with Crippen LogP contribution >= 0.6 is 0 Å². The van der Waals surface area contributed by atoms with Gasteiger partial charge in [-0.1, -0.05) is 42.5 Å². The summed E-state index contributed by atoms with van der Waals surface area (Å²) in [7, 11) is 0. The van der Waals surface area contributed by atoms with Crippen LogP contribution in [-0.4, -0.2) is 20.4 Å². The first-order chi connectivity index (χ1) is 9.92. The van der Waals surface area contributed by atoms with Crippen molar-refractivity contribution in [3.63, 3.8) is 0 Å². The Morgan fingerprint density at radius 3 is 2.65 bits per heavy atom. The van der Waals surface area contributed by atoms with E-state index >= 15 is 0 Å². The number of aromatic nitrogens is 4. The lowest BCUT2D eigenvalue weighted by atomic mass is 10.1. The number of nitrogens with zero attached hydrogens (tertiary/aromatic N) is 4. The van der Waals surface area contributed by atoms with E-state index < -0.39 is 0 Å². The molecule has 4 aromatic rings. The Morgan fingerprint density at radius 1 is 0.800 bits per heavy atom. The average Bonchev–Trinajstić information content (AvgIpc) is 2.54. The van der Waals surface area contributed by atoms with E-state index in [9.17, 15) is 0 Å². The van der Waals surface area contributed by atoms with Gasteiger partial charge in [0.05, 0.1) is 5.52 Å². The summed E-state index contributed by atoms with van der Waals surface area (Å²) in [6.07, 6.45) is 2.89. The second kappa shape index (κ2) is 4.35. The van der Waals surface area contributed by atoms with E-state index in [0.29, 0.717) is 0 Å². The first kappa shape index (κ1) is 11.0. The summed E-state index contributed by atoms with van der Waals surface area (Å²) >= 11 is 0. The minimum Gasteiger partial charge on any atom is -0.150 e. The molecule has 2 aromatic carbocycles. The standard InChI is InChI=1S/C16H9N4/c1-3-7-13-12(6-1)10-17-20-16(13)15-9-11-5-2-4-8-14(11)18-19-15/h1-9H. The van der Waals surface area contributed by atoms with Gasteiger partial charge < -0.3 is 0 Å². The number of benzene rings is 2. The Bertz CT molecular complexity index is 913. The van der Waals surface area contributed by atoms with Crippen molar-refractivity contribution in [3.8, 4) is 11.4 Å². The maximum Gasteiger partial charge on any atom is 0.122 e. The molecular formula is C16H9N4. The molecule has 0 amide bonds. The van der Waals surface area contributed by atoms with Crippen LogP contribution < -0.4 is 0 Å². The lowest BCUT2D eigenvalue weighted by Gasteiger charge is -2.04. The monoisotopic (exact) mass is 257 g/mol. The Morgan fingerprint density at radius 2 is 1.65 bits per heavy atom. The van der Waals surface area contributed by atoms with Crippen molar-refractivity contribution < 1.29 is 0 Å². The molecule has 0 saturated heterocycles. The second-order valence-corrected chi connectivity index (χ2v) is 4.49. The average molecular weight is 257 g/mol. The quantitative estimate of drug-likeness (QED) is 0.526. The van der Waals surface area contributed by atoms with Crippen LogP contribution in [0.3, 0.4) is 0 Å². The normalized spacial score (nSPS) is 11.0. The fraction of sp³-hybridized carbons (Fsp3) is 0. The summed E-state index contributed by atoms with van der Waals surface area (Å²) in [5.74, 6) is 0. The van der Waals surface area contributed by atoms with Gasteiger partial charge in [0.25, 0.3) is 0 Å². The second-order valence-electron chi connectivity index (χ2n) is 4.49. The Hall–Kier alpha value is -2.88. The highest BCUT2D eigenvalue weighted by atomic mass is 15.1. The topological polar surface area (TPSA) is 51.6 Å². The molecule has 0 aliphatic carbocycles. The third kappa shape index (κ3) is 1.70. The van der Waals surface area contributed by atoms with Crippen molar-refractivity contribution in [2.45, 2.75) is 0 Å². The molecule has 0 bridgehead atoms. The van der Waals surface area contributed by atoms with Crippen LogP contribution in [0.2, 0.25) is 0 Å². The fourth-order valence-corrected chi connectivity index (χ4v) is 2.26. The van der Waals surface area contributed by atoms with Crippen LogP contribution in [0.15, 0.2) is 54.6 Å². The van der Waals surface area contributed by atoms with Crippen LogP contribution in [0, 0.1) is 6.20 Å². The van der Waals surface area contributed by atoms with Gasteiger partial charge in [0, 0.05) is 16.2 Å². The van der Waals surface area contributed by atoms with Crippen molar-refractivity contribution in [1.82, 2.24) is 20.4 Å². The van der Waals surface area contributed by atoms with Gasteiger partial charge in [-0.2, -0.15) is 0 Å². The summed E-state index contributed by atoms with van der Waals surface area (Å²) in [6.45, 7) is 0. The number of hydrogen-bond donors (Lipinski definition) is 0.